The average molecular weight is 384 g/mol. The molecule has 0 amide bonds. The molecular formula is C23H20N4O2. The van der Waals surface area contributed by atoms with Gasteiger partial charge in [0, 0.05) is 36.9 Å². The van der Waals surface area contributed by atoms with E-state index >= 15 is 0 Å². The Hall–Kier alpha value is -3.67. The van der Waals surface area contributed by atoms with Gasteiger partial charge in [0.15, 0.2) is 17.3 Å². The van der Waals surface area contributed by atoms with E-state index in [9.17, 15) is 0 Å². The summed E-state index contributed by atoms with van der Waals surface area (Å²) in [5.41, 5.74) is 2.93. The first-order valence-electron chi connectivity index (χ1n) is 9.55. The molecule has 144 valence electrons. The number of anilines is 1. The van der Waals surface area contributed by atoms with Crippen LogP contribution in [0.5, 0.6) is 11.5 Å². The Labute approximate surface area is 168 Å². The van der Waals surface area contributed by atoms with Crippen molar-refractivity contribution in [3.8, 4) is 22.9 Å². The first-order chi connectivity index (χ1) is 14.3. The number of fused-ring (bicyclic) bond motifs is 2. The third kappa shape index (κ3) is 3.45. The molecule has 3 heterocycles. The first-order valence-corrected chi connectivity index (χ1v) is 9.55. The second-order valence-electron chi connectivity index (χ2n) is 6.96. The molecule has 6 nitrogen and oxygen atoms in total. The van der Waals surface area contributed by atoms with Crippen molar-refractivity contribution in [1.29, 1.82) is 0 Å². The van der Waals surface area contributed by atoms with E-state index in [-0.39, 0.29) is 0 Å². The van der Waals surface area contributed by atoms with Crippen molar-refractivity contribution >= 4 is 16.7 Å². The number of benzene rings is 2. The second kappa shape index (κ2) is 7.39. The molecule has 0 N–H and O–H groups in total. The third-order valence-corrected chi connectivity index (χ3v) is 4.89. The quantitative estimate of drug-likeness (QED) is 0.528. The zero-order valence-corrected chi connectivity index (χ0v) is 16.1. The van der Waals surface area contributed by atoms with Crippen molar-refractivity contribution in [3.63, 3.8) is 0 Å². The summed E-state index contributed by atoms with van der Waals surface area (Å²) in [6.45, 7) is 1.86. The van der Waals surface area contributed by atoms with Gasteiger partial charge in [-0.05, 0) is 42.0 Å². The number of pyridine rings is 1. The molecule has 1 aliphatic rings. The van der Waals surface area contributed by atoms with Gasteiger partial charge in [0.05, 0.1) is 5.52 Å². The number of nitrogens with zero attached hydrogens (tertiary/aromatic N) is 4. The molecule has 0 radical (unpaired) electrons. The minimum atomic E-state index is 0.581. The summed E-state index contributed by atoms with van der Waals surface area (Å²) < 4.78 is 11.3. The topological polar surface area (TPSA) is 60.4 Å². The maximum Gasteiger partial charge on any atom is 0.163 e. The number of aromatic nitrogens is 3. The molecule has 4 aromatic rings. The van der Waals surface area contributed by atoms with Crippen LogP contribution in [-0.4, -0.2) is 35.2 Å². The highest BCUT2D eigenvalue weighted by Gasteiger charge is 2.16. The van der Waals surface area contributed by atoms with Crippen molar-refractivity contribution < 1.29 is 9.47 Å². The summed E-state index contributed by atoms with van der Waals surface area (Å²) in [5, 5.41) is 1.01. The van der Waals surface area contributed by atoms with Crippen LogP contribution in [0.4, 0.5) is 5.82 Å². The van der Waals surface area contributed by atoms with E-state index < -0.39 is 0 Å². The number of para-hydroxylation sites is 1. The summed E-state index contributed by atoms with van der Waals surface area (Å²) in [6, 6.07) is 18.0. The summed E-state index contributed by atoms with van der Waals surface area (Å²) >= 11 is 0. The van der Waals surface area contributed by atoms with Crippen LogP contribution in [0.15, 0.2) is 67.0 Å². The predicted molar refractivity (Wildman–Crippen MR) is 112 cm³/mol. The van der Waals surface area contributed by atoms with E-state index in [0.29, 0.717) is 25.6 Å². The zero-order valence-electron chi connectivity index (χ0n) is 16.1. The number of hydrogen-bond donors (Lipinski definition) is 0. The molecule has 0 bridgehead atoms. The summed E-state index contributed by atoms with van der Waals surface area (Å²) in [4.78, 5) is 16.0. The van der Waals surface area contributed by atoms with Crippen molar-refractivity contribution in [2.75, 3.05) is 25.2 Å². The van der Waals surface area contributed by atoms with E-state index in [0.717, 1.165) is 39.3 Å². The minimum Gasteiger partial charge on any atom is -0.486 e. The Morgan fingerprint density at radius 1 is 0.931 bits per heavy atom. The Bertz CT molecular complexity index is 1160. The van der Waals surface area contributed by atoms with Crippen molar-refractivity contribution in [2.45, 2.75) is 6.54 Å². The standard InChI is InChI=1S/C23H20N4O2/c1-27(15-16-8-9-20-21(13-16)29-12-11-28-20)23-18-6-2-3-7-19(18)25-22(26-23)17-5-4-10-24-14-17/h2-10,13-14H,11-12,15H2,1H3. The third-order valence-electron chi connectivity index (χ3n) is 4.89. The Balaban J connectivity index is 1.53. The maximum atomic E-state index is 5.72. The first kappa shape index (κ1) is 17.4. The predicted octanol–water partition coefficient (Wildman–Crippen LogP) is 4.10. The van der Waals surface area contributed by atoms with Gasteiger partial charge >= 0.3 is 0 Å². The average Bonchev–Trinajstić information content (AvgIpc) is 2.79. The molecule has 0 spiro atoms. The van der Waals surface area contributed by atoms with Crippen molar-refractivity contribution in [1.82, 2.24) is 15.0 Å². The monoisotopic (exact) mass is 384 g/mol. The van der Waals surface area contributed by atoms with Crippen LogP contribution in [0.25, 0.3) is 22.3 Å². The van der Waals surface area contributed by atoms with Gasteiger partial charge in [-0.1, -0.05) is 18.2 Å². The lowest BCUT2D eigenvalue weighted by molar-refractivity contribution is 0.171. The van der Waals surface area contributed by atoms with E-state index in [2.05, 4.69) is 22.0 Å². The highest BCUT2D eigenvalue weighted by molar-refractivity contribution is 5.90. The summed E-state index contributed by atoms with van der Waals surface area (Å²) in [7, 11) is 2.04. The molecule has 5 rings (SSSR count). The molecule has 29 heavy (non-hydrogen) atoms. The van der Waals surface area contributed by atoms with Crippen molar-refractivity contribution in [2.24, 2.45) is 0 Å². The highest BCUT2D eigenvalue weighted by Crippen LogP contribution is 2.32. The van der Waals surface area contributed by atoms with Gasteiger partial charge in [-0.2, -0.15) is 0 Å². The van der Waals surface area contributed by atoms with Gasteiger partial charge in [0.2, 0.25) is 0 Å². The lowest BCUT2D eigenvalue weighted by atomic mass is 10.1. The van der Waals surface area contributed by atoms with Crippen LogP contribution in [0.3, 0.4) is 0 Å². The van der Waals surface area contributed by atoms with Crippen LogP contribution in [0.2, 0.25) is 0 Å². The van der Waals surface area contributed by atoms with Crippen LogP contribution in [0.1, 0.15) is 5.56 Å². The highest BCUT2D eigenvalue weighted by atomic mass is 16.6. The maximum absolute atomic E-state index is 5.72. The lowest BCUT2D eigenvalue weighted by Crippen LogP contribution is -2.20. The van der Waals surface area contributed by atoms with Gasteiger partial charge in [-0.25, -0.2) is 9.97 Å². The normalized spacial score (nSPS) is 12.7. The Kier molecular flexibility index (Phi) is 4.44. The minimum absolute atomic E-state index is 0.581. The van der Waals surface area contributed by atoms with E-state index in [1.807, 2.05) is 49.5 Å². The summed E-state index contributed by atoms with van der Waals surface area (Å²) in [5.74, 6) is 3.14. The Morgan fingerprint density at radius 2 is 1.79 bits per heavy atom. The zero-order chi connectivity index (χ0) is 19.6. The van der Waals surface area contributed by atoms with Crippen LogP contribution in [0, 0.1) is 0 Å². The van der Waals surface area contributed by atoms with Gasteiger partial charge in [0.25, 0.3) is 0 Å². The van der Waals surface area contributed by atoms with E-state index in [1.54, 1.807) is 12.4 Å². The van der Waals surface area contributed by atoms with Gasteiger partial charge in [0.1, 0.15) is 19.0 Å². The van der Waals surface area contributed by atoms with Gasteiger partial charge in [-0.15, -0.1) is 0 Å². The largest absolute Gasteiger partial charge is 0.486 e. The molecule has 0 saturated heterocycles. The molecular weight excluding hydrogens is 364 g/mol. The van der Waals surface area contributed by atoms with E-state index in [4.69, 9.17) is 19.4 Å². The fraction of sp³-hybridized carbons (Fsp3) is 0.174. The molecule has 2 aromatic heterocycles. The lowest BCUT2D eigenvalue weighted by Gasteiger charge is -2.23. The van der Waals surface area contributed by atoms with Crippen molar-refractivity contribution in [3.05, 3.63) is 72.6 Å². The molecule has 0 atom stereocenters. The SMILES string of the molecule is CN(Cc1ccc2c(c1)OCCO2)c1nc(-c2cccnc2)nc2ccccc12. The van der Waals surface area contributed by atoms with E-state index in [1.165, 1.54) is 0 Å². The van der Waals surface area contributed by atoms with Crippen LogP contribution >= 0.6 is 0 Å². The number of rotatable bonds is 4. The molecule has 0 saturated carbocycles. The fourth-order valence-corrected chi connectivity index (χ4v) is 3.51. The van der Waals surface area contributed by atoms with Gasteiger partial charge in [-0.3, -0.25) is 4.98 Å². The molecule has 2 aromatic carbocycles. The van der Waals surface area contributed by atoms with Gasteiger partial charge < -0.3 is 14.4 Å². The Morgan fingerprint density at radius 3 is 2.66 bits per heavy atom. The second-order valence-corrected chi connectivity index (χ2v) is 6.96. The molecule has 6 heteroatoms. The molecule has 0 unspecified atom stereocenters. The number of hydrogen-bond acceptors (Lipinski definition) is 6. The smallest absolute Gasteiger partial charge is 0.163 e. The number of ether oxygens (including phenoxy) is 2. The van der Waals surface area contributed by atoms with Crippen LogP contribution < -0.4 is 14.4 Å². The summed E-state index contributed by atoms with van der Waals surface area (Å²) in [6.07, 6.45) is 3.54. The molecule has 0 aliphatic carbocycles. The molecule has 1 aliphatic heterocycles. The van der Waals surface area contributed by atoms with Crippen LogP contribution in [-0.2, 0) is 6.54 Å². The fourth-order valence-electron chi connectivity index (χ4n) is 3.51. The molecule has 0 fully saturated rings.